The molecule has 1 aromatic carbocycles. The Labute approximate surface area is 121 Å². The molecule has 0 spiro atoms. The van der Waals surface area contributed by atoms with Crippen LogP contribution < -0.4 is 10.2 Å². The van der Waals surface area contributed by atoms with E-state index in [4.69, 9.17) is 5.11 Å². The molecule has 0 bridgehead atoms. The van der Waals surface area contributed by atoms with Crippen molar-refractivity contribution in [3.63, 3.8) is 0 Å². The van der Waals surface area contributed by atoms with Crippen molar-refractivity contribution < 1.29 is 14.7 Å². The molecule has 1 aromatic heterocycles. The molecule has 8 nitrogen and oxygen atoms in total. The summed E-state index contributed by atoms with van der Waals surface area (Å²) in [4.78, 5) is 24.5. The van der Waals surface area contributed by atoms with Crippen LogP contribution in [0.15, 0.2) is 30.5 Å². The summed E-state index contributed by atoms with van der Waals surface area (Å²) in [7, 11) is 3.83. The van der Waals surface area contributed by atoms with E-state index in [9.17, 15) is 9.59 Å². The molecule has 0 fully saturated rings. The van der Waals surface area contributed by atoms with Crippen molar-refractivity contribution >= 4 is 23.4 Å². The van der Waals surface area contributed by atoms with E-state index in [0.717, 1.165) is 10.4 Å². The van der Waals surface area contributed by atoms with Crippen LogP contribution in [0.3, 0.4) is 0 Å². The molecule has 2 aromatic rings. The van der Waals surface area contributed by atoms with E-state index < -0.39 is 5.97 Å². The van der Waals surface area contributed by atoms with Crippen molar-refractivity contribution in [2.45, 2.75) is 6.54 Å². The van der Waals surface area contributed by atoms with Crippen LogP contribution in [0.1, 0.15) is 10.4 Å². The van der Waals surface area contributed by atoms with Crippen LogP contribution in [0, 0.1) is 0 Å². The molecule has 21 heavy (non-hydrogen) atoms. The van der Waals surface area contributed by atoms with Crippen LogP contribution in [-0.4, -0.2) is 46.1 Å². The summed E-state index contributed by atoms with van der Waals surface area (Å²) < 4.78 is 1.13. The lowest BCUT2D eigenvalue weighted by Gasteiger charge is -2.12. The van der Waals surface area contributed by atoms with Gasteiger partial charge < -0.3 is 15.3 Å². The van der Waals surface area contributed by atoms with Crippen molar-refractivity contribution in [3.05, 3.63) is 36.0 Å². The molecule has 0 atom stereocenters. The van der Waals surface area contributed by atoms with Gasteiger partial charge in [-0.05, 0) is 24.3 Å². The van der Waals surface area contributed by atoms with Crippen LogP contribution >= 0.6 is 0 Å². The van der Waals surface area contributed by atoms with Crippen LogP contribution in [0.4, 0.5) is 11.5 Å². The number of carboxylic acid groups (broad SMARTS) is 1. The fourth-order valence-electron chi connectivity index (χ4n) is 1.67. The van der Waals surface area contributed by atoms with Crippen molar-refractivity contribution in [2.24, 2.45) is 0 Å². The zero-order valence-electron chi connectivity index (χ0n) is 11.6. The van der Waals surface area contributed by atoms with Gasteiger partial charge in [0.15, 0.2) is 5.82 Å². The van der Waals surface area contributed by atoms with Crippen LogP contribution in [0.25, 0.3) is 0 Å². The minimum atomic E-state index is -1.03. The molecule has 2 N–H and O–H groups in total. The standard InChI is InChI=1S/C13H15N5O3/c1-17(2)10-5-3-9(4-6-10)13(21)14-11-7-18(16-15-11)8-12(19)20/h3-7H,8H2,1-2H3,(H,14,21)(H,19,20). The molecule has 0 aliphatic heterocycles. The Balaban J connectivity index is 2.03. The summed E-state index contributed by atoms with van der Waals surface area (Å²) in [5.74, 6) is -1.15. The third-order valence-corrected chi connectivity index (χ3v) is 2.72. The highest BCUT2D eigenvalue weighted by Crippen LogP contribution is 2.13. The van der Waals surface area contributed by atoms with E-state index in [1.54, 1.807) is 12.1 Å². The Hall–Kier alpha value is -2.90. The first-order valence-corrected chi connectivity index (χ1v) is 6.16. The predicted octanol–water partition coefficient (Wildman–Crippen LogP) is 0.681. The summed E-state index contributed by atoms with van der Waals surface area (Å²) in [6, 6.07) is 7.06. The fourth-order valence-corrected chi connectivity index (χ4v) is 1.67. The molecule has 0 aliphatic carbocycles. The van der Waals surface area contributed by atoms with Crippen LogP contribution in [0.2, 0.25) is 0 Å². The van der Waals surface area contributed by atoms with Crippen molar-refractivity contribution in [2.75, 3.05) is 24.3 Å². The SMILES string of the molecule is CN(C)c1ccc(C(=O)Nc2cn(CC(=O)O)nn2)cc1. The van der Waals surface area contributed by atoms with Crippen molar-refractivity contribution in [1.82, 2.24) is 15.0 Å². The maximum absolute atomic E-state index is 12.0. The van der Waals surface area contributed by atoms with E-state index in [1.807, 2.05) is 31.1 Å². The first-order chi connectivity index (χ1) is 9.95. The third kappa shape index (κ3) is 3.78. The Morgan fingerprint density at radius 2 is 1.95 bits per heavy atom. The number of benzene rings is 1. The van der Waals surface area contributed by atoms with E-state index in [1.165, 1.54) is 6.20 Å². The second-order valence-electron chi connectivity index (χ2n) is 4.59. The lowest BCUT2D eigenvalue weighted by atomic mass is 10.2. The fraction of sp³-hybridized carbons (Fsp3) is 0.231. The average Bonchev–Trinajstić information content (AvgIpc) is 2.85. The third-order valence-electron chi connectivity index (χ3n) is 2.72. The van der Waals surface area contributed by atoms with Gasteiger partial charge in [0.25, 0.3) is 5.91 Å². The van der Waals surface area contributed by atoms with Gasteiger partial charge in [-0.3, -0.25) is 9.59 Å². The summed E-state index contributed by atoms with van der Waals surface area (Å²) in [5.41, 5.74) is 1.47. The Morgan fingerprint density at radius 1 is 1.29 bits per heavy atom. The lowest BCUT2D eigenvalue weighted by molar-refractivity contribution is -0.137. The molecule has 0 saturated heterocycles. The number of nitrogens with one attached hydrogen (secondary N) is 1. The number of amides is 1. The molecule has 0 aliphatic rings. The number of rotatable bonds is 5. The topological polar surface area (TPSA) is 100 Å². The summed E-state index contributed by atoms with van der Waals surface area (Å²) in [5, 5.41) is 18.5. The number of aliphatic carboxylic acids is 1. The smallest absolute Gasteiger partial charge is 0.325 e. The maximum Gasteiger partial charge on any atom is 0.325 e. The van der Waals surface area contributed by atoms with E-state index in [0.29, 0.717) is 5.56 Å². The zero-order valence-corrected chi connectivity index (χ0v) is 11.6. The first kappa shape index (κ1) is 14.5. The van der Waals surface area contributed by atoms with E-state index >= 15 is 0 Å². The number of hydrogen-bond donors (Lipinski definition) is 2. The molecule has 110 valence electrons. The van der Waals surface area contributed by atoms with Crippen molar-refractivity contribution in [3.8, 4) is 0 Å². The quantitative estimate of drug-likeness (QED) is 0.839. The highest BCUT2D eigenvalue weighted by Gasteiger charge is 2.10. The van der Waals surface area contributed by atoms with Crippen LogP contribution in [-0.2, 0) is 11.3 Å². The average molecular weight is 289 g/mol. The number of carbonyl (C=O) groups excluding carboxylic acids is 1. The Morgan fingerprint density at radius 3 is 2.52 bits per heavy atom. The molecule has 0 radical (unpaired) electrons. The van der Waals surface area contributed by atoms with Crippen molar-refractivity contribution in [1.29, 1.82) is 0 Å². The monoisotopic (exact) mass is 289 g/mol. The summed E-state index contributed by atoms with van der Waals surface area (Å²) >= 11 is 0. The lowest BCUT2D eigenvalue weighted by Crippen LogP contribution is -2.13. The second kappa shape index (κ2) is 6.04. The highest BCUT2D eigenvalue weighted by atomic mass is 16.4. The Kier molecular flexibility index (Phi) is 4.17. The van der Waals surface area contributed by atoms with E-state index in [2.05, 4.69) is 15.6 Å². The van der Waals surface area contributed by atoms with Gasteiger partial charge in [-0.2, -0.15) is 0 Å². The first-order valence-electron chi connectivity index (χ1n) is 6.16. The normalized spacial score (nSPS) is 10.2. The number of carboxylic acids is 1. The van der Waals surface area contributed by atoms with Gasteiger partial charge in [0.1, 0.15) is 6.54 Å². The molecule has 1 heterocycles. The van der Waals surface area contributed by atoms with Crippen LogP contribution in [0.5, 0.6) is 0 Å². The van der Waals surface area contributed by atoms with E-state index in [-0.39, 0.29) is 18.3 Å². The molecule has 1 amide bonds. The minimum Gasteiger partial charge on any atom is -0.480 e. The summed E-state index contributed by atoms with van der Waals surface area (Å²) in [6.07, 6.45) is 1.36. The zero-order chi connectivity index (χ0) is 15.4. The minimum absolute atomic E-state index is 0.206. The number of anilines is 2. The molecular weight excluding hydrogens is 274 g/mol. The molecule has 8 heteroatoms. The van der Waals surface area contributed by atoms with Gasteiger partial charge in [-0.1, -0.05) is 5.21 Å². The van der Waals surface area contributed by atoms with Gasteiger partial charge in [0.2, 0.25) is 0 Å². The van der Waals surface area contributed by atoms with Gasteiger partial charge in [0, 0.05) is 25.3 Å². The highest BCUT2D eigenvalue weighted by molar-refractivity contribution is 6.03. The number of carbonyl (C=O) groups is 2. The second-order valence-corrected chi connectivity index (χ2v) is 4.59. The Bertz CT molecular complexity index is 648. The largest absolute Gasteiger partial charge is 0.480 e. The predicted molar refractivity (Wildman–Crippen MR) is 76.4 cm³/mol. The molecular formula is C13H15N5O3. The molecule has 0 saturated carbocycles. The number of aromatic nitrogens is 3. The van der Waals surface area contributed by atoms with Gasteiger partial charge in [0.05, 0.1) is 6.20 Å². The van der Waals surface area contributed by atoms with Gasteiger partial charge in [-0.15, -0.1) is 5.10 Å². The number of nitrogens with zero attached hydrogens (tertiary/aromatic N) is 4. The molecule has 0 unspecified atom stereocenters. The van der Waals surface area contributed by atoms with Gasteiger partial charge in [-0.25, -0.2) is 4.68 Å². The number of hydrogen-bond acceptors (Lipinski definition) is 5. The maximum atomic E-state index is 12.0. The molecule has 2 rings (SSSR count). The summed E-state index contributed by atoms with van der Waals surface area (Å²) in [6.45, 7) is -0.305. The van der Waals surface area contributed by atoms with Gasteiger partial charge >= 0.3 is 5.97 Å².